The molecule has 3 aromatic carbocycles. The van der Waals surface area contributed by atoms with E-state index in [9.17, 15) is 23.5 Å². The Balaban J connectivity index is 1.37. The van der Waals surface area contributed by atoms with Crippen molar-refractivity contribution in [2.24, 2.45) is 11.3 Å². The number of likely N-dealkylation sites (tertiary alicyclic amines) is 2. The Hall–Kier alpha value is -4.06. The maximum Gasteiger partial charge on any atom is 0.257 e. The Bertz CT molecular complexity index is 1880. The highest BCUT2D eigenvalue weighted by Gasteiger charge is 2.50. The zero-order valence-electron chi connectivity index (χ0n) is 32.8. The molecule has 0 aromatic heterocycles. The number of phenols is 1. The van der Waals surface area contributed by atoms with Crippen LogP contribution in [0.1, 0.15) is 68.4 Å². The number of benzene rings is 3. The molecule has 3 aromatic rings. The van der Waals surface area contributed by atoms with Gasteiger partial charge in [-0.15, -0.1) is 0 Å². The van der Waals surface area contributed by atoms with Gasteiger partial charge in [0.05, 0.1) is 17.5 Å². The van der Waals surface area contributed by atoms with Gasteiger partial charge in [-0.2, -0.15) is 0 Å². The Morgan fingerprint density at radius 1 is 0.873 bits per heavy atom. The number of hydrogen-bond acceptors (Lipinski definition) is 6. The van der Waals surface area contributed by atoms with Gasteiger partial charge in [-0.05, 0) is 87.5 Å². The van der Waals surface area contributed by atoms with Crippen molar-refractivity contribution in [1.82, 2.24) is 24.5 Å². The van der Waals surface area contributed by atoms with Crippen molar-refractivity contribution in [3.8, 4) is 5.75 Å². The van der Waals surface area contributed by atoms with Crippen molar-refractivity contribution < 1.29 is 28.3 Å². The molecule has 1 N–H and O–H groups in total. The fourth-order valence-corrected chi connectivity index (χ4v) is 8.62. The van der Waals surface area contributed by atoms with Gasteiger partial charge in [-0.25, -0.2) is 8.78 Å². The fourth-order valence-electron chi connectivity index (χ4n) is 8.49. The second-order valence-electron chi connectivity index (χ2n) is 17.4. The van der Waals surface area contributed by atoms with Crippen LogP contribution in [0.15, 0.2) is 66.7 Å². The standard InChI is InChI=1S/C43H54ClF2N5O4/c1-42(2,3)49-25-34(28-11-14-30(44)15-12-28)35(26-49)40(54)50-24-32(22-37(50)41(55)48-19-17-47(6)18-20-48)51(39(53)33-9-7-8-10-38(33)52)27-43(4,5)23-29-13-16-31(45)21-36(29)46/h7-16,21,32,34-35,37,52H,17-20,22-27H2,1-6H3/t32-,34-,35+,37-/m0/s1. The lowest BCUT2D eigenvalue weighted by Crippen LogP contribution is -2.54. The van der Waals surface area contributed by atoms with Gasteiger partial charge in [-0.1, -0.05) is 55.8 Å². The number of carbonyl (C=O) groups excluding carboxylic acids is 3. The van der Waals surface area contributed by atoms with E-state index in [1.54, 1.807) is 28.0 Å². The average molecular weight is 778 g/mol. The molecule has 3 saturated heterocycles. The summed E-state index contributed by atoms with van der Waals surface area (Å²) in [7, 11) is 2.02. The van der Waals surface area contributed by atoms with Crippen molar-refractivity contribution in [2.45, 2.75) is 71.0 Å². The molecule has 0 radical (unpaired) electrons. The highest BCUT2D eigenvalue weighted by atomic mass is 35.5. The van der Waals surface area contributed by atoms with Crippen LogP contribution in [0.25, 0.3) is 0 Å². The maximum absolute atomic E-state index is 15.2. The molecule has 4 atom stereocenters. The first-order chi connectivity index (χ1) is 25.9. The number of aromatic hydroxyl groups is 1. The fraction of sp³-hybridized carbons (Fsp3) is 0.512. The zero-order valence-corrected chi connectivity index (χ0v) is 33.5. The molecule has 0 spiro atoms. The average Bonchev–Trinajstić information content (AvgIpc) is 3.78. The van der Waals surface area contributed by atoms with Crippen molar-refractivity contribution in [2.75, 3.05) is 59.4 Å². The first kappa shape index (κ1) is 40.6. The topological polar surface area (TPSA) is 87.6 Å². The largest absolute Gasteiger partial charge is 0.507 e. The summed E-state index contributed by atoms with van der Waals surface area (Å²) in [4.78, 5) is 54.0. The van der Waals surface area contributed by atoms with Crippen LogP contribution in [-0.4, -0.2) is 124 Å². The second-order valence-corrected chi connectivity index (χ2v) is 17.8. The number of phenolic OH excluding ortho intramolecular Hbond substituents is 1. The summed E-state index contributed by atoms with van der Waals surface area (Å²) in [5.74, 6) is -2.85. The highest BCUT2D eigenvalue weighted by molar-refractivity contribution is 6.30. The number of halogens is 3. The minimum atomic E-state index is -0.812. The minimum Gasteiger partial charge on any atom is -0.507 e. The van der Waals surface area contributed by atoms with Crippen LogP contribution < -0.4 is 0 Å². The molecule has 6 rings (SSSR count). The third-order valence-electron chi connectivity index (χ3n) is 11.7. The van der Waals surface area contributed by atoms with Gasteiger partial charge in [-0.3, -0.25) is 19.3 Å². The molecule has 0 bridgehead atoms. The first-order valence-corrected chi connectivity index (χ1v) is 19.6. The molecule has 9 nitrogen and oxygen atoms in total. The SMILES string of the molecule is CN1CCN(C(=O)[C@@H]2C[C@H](N(CC(C)(C)Cc3ccc(F)cc3F)C(=O)c3ccccc3O)CN2C(=O)[C@@H]2CN(C(C)(C)C)C[C@H]2c2ccc(Cl)cc2)CC1. The molecule has 0 aliphatic carbocycles. The van der Waals surface area contributed by atoms with E-state index in [1.165, 1.54) is 18.2 Å². The lowest BCUT2D eigenvalue weighted by Gasteiger charge is -2.37. The Labute approximate surface area is 328 Å². The molecular formula is C43H54ClF2N5O4. The Morgan fingerprint density at radius 3 is 2.18 bits per heavy atom. The van der Waals surface area contributed by atoms with E-state index < -0.39 is 41.0 Å². The number of nitrogens with zero attached hydrogens (tertiary/aromatic N) is 5. The van der Waals surface area contributed by atoms with Gasteiger partial charge in [0.1, 0.15) is 23.4 Å². The molecular weight excluding hydrogens is 724 g/mol. The lowest BCUT2D eigenvalue weighted by atomic mass is 9.84. The van der Waals surface area contributed by atoms with Crippen molar-refractivity contribution in [1.29, 1.82) is 0 Å². The van der Waals surface area contributed by atoms with Gasteiger partial charge >= 0.3 is 0 Å². The van der Waals surface area contributed by atoms with Gasteiger partial charge in [0.15, 0.2) is 0 Å². The van der Waals surface area contributed by atoms with E-state index in [2.05, 4.69) is 30.6 Å². The molecule has 0 unspecified atom stereocenters. The summed E-state index contributed by atoms with van der Waals surface area (Å²) in [6, 6.07) is 16.0. The number of likely N-dealkylation sites (N-methyl/N-ethyl adjacent to an activating group) is 1. The van der Waals surface area contributed by atoms with Crippen LogP contribution in [0.4, 0.5) is 8.78 Å². The van der Waals surface area contributed by atoms with Gasteiger partial charge in [0.2, 0.25) is 11.8 Å². The molecule has 0 saturated carbocycles. The lowest BCUT2D eigenvalue weighted by molar-refractivity contribution is -0.147. The van der Waals surface area contributed by atoms with Crippen LogP contribution in [0.2, 0.25) is 5.02 Å². The third kappa shape index (κ3) is 9.16. The monoisotopic (exact) mass is 777 g/mol. The molecule has 296 valence electrons. The van der Waals surface area contributed by atoms with E-state index in [4.69, 9.17) is 11.6 Å². The van der Waals surface area contributed by atoms with Gasteiger partial charge < -0.3 is 24.7 Å². The quantitative estimate of drug-likeness (QED) is 0.275. The third-order valence-corrected chi connectivity index (χ3v) is 11.9. The van der Waals surface area contributed by atoms with E-state index in [1.807, 2.05) is 50.1 Å². The predicted octanol–water partition coefficient (Wildman–Crippen LogP) is 6.29. The van der Waals surface area contributed by atoms with E-state index >= 15 is 4.79 Å². The predicted molar refractivity (Wildman–Crippen MR) is 210 cm³/mol. The zero-order chi connectivity index (χ0) is 39.8. The molecule has 3 amide bonds. The van der Waals surface area contributed by atoms with Crippen molar-refractivity contribution >= 4 is 29.3 Å². The smallest absolute Gasteiger partial charge is 0.257 e. The normalized spacial score (nSPS) is 22.6. The molecule has 3 heterocycles. The summed E-state index contributed by atoms with van der Waals surface area (Å²) in [5.41, 5.74) is 0.464. The summed E-state index contributed by atoms with van der Waals surface area (Å²) < 4.78 is 28.8. The highest BCUT2D eigenvalue weighted by Crippen LogP contribution is 2.40. The molecule has 3 aliphatic rings. The van der Waals surface area contributed by atoms with Crippen LogP contribution in [0, 0.1) is 23.0 Å². The van der Waals surface area contributed by atoms with Crippen molar-refractivity contribution in [3.63, 3.8) is 0 Å². The minimum absolute atomic E-state index is 0.0948. The summed E-state index contributed by atoms with van der Waals surface area (Å²) in [6.45, 7) is 14.1. The number of hydrogen-bond donors (Lipinski definition) is 1. The molecule has 3 aliphatic heterocycles. The number of piperazine rings is 1. The van der Waals surface area contributed by atoms with Crippen molar-refractivity contribution in [3.05, 3.63) is 100 Å². The number of carbonyl (C=O) groups is 3. The van der Waals surface area contributed by atoms with Crippen LogP contribution >= 0.6 is 11.6 Å². The van der Waals surface area contributed by atoms with Gasteiger partial charge in [0.25, 0.3) is 5.91 Å². The van der Waals surface area contributed by atoms with Gasteiger partial charge in [0, 0.05) is 74.9 Å². The Morgan fingerprint density at radius 2 is 1.55 bits per heavy atom. The molecule has 12 heteroatoms. The number of amides is 3. The summed E-state index contributed by atoms with van der Waals surface area (Å²) in [6.07, 6.45) is 0.398. The second kappa shape index (κ2) is 16.2. The number of rotatable bonds is 9. The first-order valence-electron chi connectivity index (χ1n) is 19.2. The summed E-state index contributed by atoms with van der Waals surface area (Å²) >= 11 is 6.28. The Kier molecular flexibility index (Phi) is 12.0. The van der Waals surface area contributed by atoms with Crippen LogP contribution in [0.5, 0.6) is 5.75 Å². The van der Waals surface area contributed by atoms with Crippen LogP contribution in [0.3, 0.4) is 0 Å². The van der Waals surface area contributed by atoms with E-state index in [0.717, 1.165) is 11.6 Å². The summed E-state index contributed by atoms with van der Waals surface area (Å²) in [5, 5.41) is 11.5. The molecule has 3 fully saturated rings. The maximum atomic E-state index is 15.2. The van der Waals surface area contributed by atoms with Crippen LogP contribution in [-0.2, 0) is 16.0 Å². The number of para-hydroxylation sites is 1. The van der Waals surface area contributed by atoms with E-state index in [-0.39, 0.29) is 60.5 Å². The molecule has 55 heavy (non-hydrogen) atoms. The van der Waals surface area contributed by atoms with E-state index in [0.29, 0.717) is 49.9 Å².